The Labute approximate surface area is 157 Å². The number of benzene rings is 1. The zero-order valence-corrected chi connectivity index (χ0v) is 15.4. The maximum Gasteiger partial charge on any atom is 0.273 e. The number of pyridine rings is 1. The lowest BCUT2D eigenvalue weighted by Gasteiger charge is -2.37. The molecule has 0 aliphatic carbocycles. The van der Waals surface area contributed by atoms with E-state index in [2.05, 4.69) is 23.9 Å². The molecular weight excluding hydrogens is 340 g/mol. The fourth-order valence-corrected chi connectivity index (χ4v) is 3.53. The Hall–Kier alpha value is -3.22. The van der Waals surface area contributed by atoms with Crippen LogP contribution in [0, 0.1) is 5.92 Å². The van der Waals surface area contributed by atoms with Gasteiger partial charge in [0.2, 0.25) is 0 Å². The quantitative estimate of drug-likeness (QED) is 0.774. The number of hydrogen-bond donors (Lipinski definition) is 1. The van der Waals surface area contributed by atoms with Crippen molar-refractivity contribution in [2.75, 3.05) is 12.3 Å². The Morgan fingerprint density at radius 1 is 1.07 bits per heavy atom. The first kappa shape index (κ1) is 17.2. The second-order valence-electron chi connectivity index (χ2n) is 7.02. The molecule has 2 N–H and O–H groups in total. The Balaban J connectivity index is 1.71. The number of anilines is 1. The fourth-order valence-electron chi connectivity index (χ4n) is 3.53. The van der Waals surface area contributed by atoms with E-state index in [1.807, 2.05) is 39.9 Å². The topological polar surface area (TPSA) is 89.9 Å². The largest absolute Gasteiger partial charge is 0.384 e. The maximum atomic E-state index is 13.1. The van der Waals surface area contributed by atoms with Crippen molar-refractivity contribution >= 4 is 11.7 Å². The van der Waals surface area contributed by atoms with Crippen LogP contribution >= 0.6 is 0 Å². The van der Waals surface area contributed by atoms with E-state index in [4.69, 9.17) is 10.7 Å². The van der Waals surface area contributed by atoms with E-state index in [9.17, 15) is 4.79 Å². The van der Waals surface area contributed by atoms with Crippen LogP contribution in [0.2, 0.25) is 0 Å². The number of rotatable bonds is 3. The van der Waals surface area contributed by atoms with E-state index in [0.717, 1.165) is 11.4 Å². The molecule has 4 rings (SSSR count). The van der Waals surface area contributed by atoms with Gasteiger partial charge in [-0.2, -0.15) is 5.10 Å². The van der Waals surface area contributed by atoms with Gasteiger partial charge in [-0.15, -0.1) is 0 Å². The monoisotopic (exact) mass is 362 g/mol. The third-order valence-electron chi connectivity index (χ3n) is 4.77. The van der Waals surface area contributed by atoms with Gasteiger partial charge in [-0.05, 0) is 18.1 Å². The zero-order chi connectivity index (χ0) is 19.0. The summed E-state index contributed by atoms with van der Waals surface area (Å²) < 4.78 is 1.92. The van der Waals surface area contributed by atoms with E-state index in [1.165, 1.54) is 0 Å². The van der Waals surface area contributed by atoms with Crippen molar-refractivity contribution < 1.29 is 4.79 Å². The molecule has 1 aliphatic rings. The third-order valence-corrected chi connectivity index (χ3v) is 4.77. The van der Waals surface area contributed by atoms with E-state index < -0.39 is 0 Å². The normalized spacial score (nSPS) is 16.4. The Morgan fingerprint density at radius 2 is 1.85 bits per heavy atom. The lowest BCUT2D eigenvalue weighted by molar-refractivity contribution is 0.0531. The molecule has 0 fully saturated rings. The van der Waals surface area contributed by atoms with Crippen LogP contribution in [0.1, 0.15) is 36.2 Å². The predicted octanol–water partition coefficient (Wildman–Crippen LogP) is 2.78. The molecule has 3 aromatic rings. The van der Waals surface area contributed by atoms with Crippen LogP contribution in [0.3, 0.4) is 0 Å². The summed E-state index contributed by atoms with van der Waals surface area (Å²) >= 11 is 0. The first-order valence-electron chi connectivity index (χ1n) is 9.08. The first-order valence-corrected chi connectivity index (χ1v) is 9.08. The van der Waals surface area contributed by atoms with E-state index >= 15 is 0 Å². The fraction of sp³-hybridized carbons (Fsp3) is 0.300. The second-order valence-corrected chi connectivity index (χ2v) is 7.02. The van der Waals surface area contributed by atoms with Crippen molar-refractivity contribution in [1.82, 2.24) is 24.6 Å². The Kier molecular flexibility index (Phi) is 4.35. The molecule has 27 heavy (non-hydrogen) atoms. The van der Waals surface area contributed by atoms with Crippen LogP contribution in [0.4, 0.5) is 5.82 Å². The van der Waals surface area contributed by atoms with Crippen LogP contribution in [-0.4, -0.2) is 37.1 Å². The van der Waals surface area contributed by atoms with E-state index in [-0.39, 0.29) is 17.9 Å². The van der Waals surface area contributed by atoms with E-state index in [1.54, 1.807) is 18.2 Å². The standard InChI is InChI=1S/C20H22N6O/c1-13(2)17-19-23-18(14-7-4-3-5-8-14)24-26(19)12-11-25(17)20(27)15-9-6-10-16(21)22-15/h3-10,13,17H,11-12H2,1-2H3,(H2,21,22)/t17-/m0/s1. The van der Waals surface area contributed by atoms with Gasteiger partial charge in [0.1, 0.15) is 11.5 Å². The number of fused-ring (bicyclic) bond motifs is 1. The van der Waals surface area contributed by atoms with Gasteiger partial charge in [-0.25, -0.2) is 14.6 Å². The molecule has 0 unspecified atom stereocenters. The maximum absolute atomic E-state index is 13.1. The van der Waals surface area contributed by atoms with Crippen molar-refractivity contribution in [1.29, 1.82) is 0 Å². The molecule has 3 heterocycles. The highest BCUT2D eigenvalue weighted by molar-refractivity contribution is 5.93. The molecule has 7 heteroatoms. The van der Waals surface area contributed by atoms with Crippen molar-refractivity contribution in [3.05, 3.63) is 60.0 Å². The average molecular weight is 362 g/mol. The smallest absolute Gasteiger partial charge is 0.273 e. The lowest BCUT2D eigenvalue weighted by Crippen LogP contribution is -2.45. The highest BCUT2D eigenvalue weighted by atomic mass is 16.2. The molecule has 1 amide bonds. The average Bonchev–Trinajstić information content (AvgIpc) is 3.11. The molecule has 1 atom stereocenters. The first-order chi connectivity index (χ1) is 13.0. The molecule has 0 radical (unpaired) electrons. The van der Waals surface area contributed by atoms with Gasteiger partial charge in [-0.1, -0.05) is 50.2 Å². The molecule has 1 aliphatic heterocycles. The summed E-state index contributed by atoms with van der Waals surface area (Å²) in [7, 11) is 0. The number of hydrogen-bond acceptors (Lipinski definition) is 5. The van der Waals surface area contributed by atoms with Crippen LogP contribution < -0.4 is 5.73 Å². The predicted molar refractivity (Wildman–Crippen MR) is 103 cm³/mol. The minimum Gasteiger partial charge on any atom is -0.384 e. The summed E-state index contributed by atoms with van der Waals surface area (Å²) in [6.07, 6.45) is 0. The number of amides is 1. The number of carbonyl (C=O) groups is 1. The molecule has 7 nitrogen and oxygen atoms in total. The summed E-state index contributed by atoms with van der Waals surface area (Å²) in [5.41, 5.74) is 7.08. The molecule has 1 aromatic carbocycles. The van der Waals surface area contributed by atoms with Crippen LogP contribution in [0.25, 0.3) is 11.4 Å². The Morgan fingerprint density at radius 3 is 2.56 bits per heavy atom. The molecule has 0 saturated heterocycles. The molecule has 2 aromatic heterocycles. The van der Waals surface area contributed by atoms with Crippen molar-refractivity contribution in [2.24, 2.45) is 5.92 Å². The van der Waals surface area contributed by atoms with Gasteiger partial charge in [-0.3, -0.25) is 4.79 Å². The third kappa shape index (κ3) is 3.16. The minimum absolute atomic E-state index is 0.128. The summed E-state index contributed by atoms with van der Waals surface area (Å²) in [6.45, 7) is 5.34. The van der Waals surface area contributed by atoms with Gasteiger partial charge in [0.25, 0.3) is 5.91 Å². The molecule has 0 spiro atoms. The molecule has 0 saturated carbocycles. The minimum atomic E-state index is -0.167. The molecule has 138 valence electrons. The van der Waals surface area contributed by atoms with Gasteiger partial charge in [0.15, 0.2) is 11.6 Å². The highest BCUT2D eigenvalue weighted by Gasteiger charge is 2.36. The van der Waals surface area contributed by atoms with Gasteiger partial charge in [0, 0.05) is 12.1 Å². The summed E-state index contributed by atoms with van der Waals surface area (Å²) in [5, 5.41) is 4.67. The summed E-state index contributed by atoms with van der Waals surface area (Å²) in [6, 6.07) is 14.8. The number of nitrogen functional groups attached to an aromatic ring is 1. The summed E-state index contributed by atoms with van der Waals surface area (Å²) in [4.78, 5) is 23.9. The number of aromatic nitrogens is 4. The zero-order valence-electron chi connectivity index (χ0n) is 15.4. The van der Waals surface area contributed by atoms with E-state index in [0.29, 0.717) is 30.4 Å². The number of nitrogens with two attached hydrogens (primary N) is 1. The Bertz CT molecular complexity index is 966. The van der Waals surface area contributed by atoms with Gasteiger partial charge in [0.05, 0.1) is 12.6 Å². The van der Waals surface area contributed by atoms with Crippen molar-refractivity contribution in [2.45, 2.75) is 26.4 Å². The lowest BCUT2D eigenvalue weighted by atomic mass is 9.99. The van der Waals surface area contributed by atoms with Crippen LogP contribution in [0.5, 0.6) is 0 Å². The van der Waals surface area contributed by atoms with Gasteiger partial charge < -0.3 is 10.6 Å². The van der Waals surface area contributed by atoms with Crippen molar-refractivity contribution in [3.8, 4) is 11.4 Å². The SMILES string of the molecule is CC(C)[C@H]1c2nc(-c3ccccc3)nn2CCN1C(=O)c1cccc(N)n1. The summed E-state index contributed by atoms with van der Waals surface area (Å²) in [5.74, 6) is 1.90. The molecular formula is C20H22N6O. The van der Waals surface area contributed by atoms with Crippen molar-refractivity contribution in [3.63, 3.8) is 0 Å². The number of carbonyl (C=O) groups excluding carboxylic acids is 1. The molecule has 0 bridgehead atoms. The second kappa shape index (κ2) is 6.83. The van der Waals surface area contributed by atoms with Crippen LogP contribution in [0.15, 0.2) is 48.5 Å². The van der Waals surface area contributed by atoms with Gasteiger partial charge >= 0.3 is 0 Å². The number of nitrogens with zero attached hydrogens (tertiary/aromatic N) is 5. The highest BCUT2D eigenvalue weighted by Crippen LogP contribution is 2.33. The van der Waals surface area contributed by atoms with Crippen LogP contribution in [-0.2, 0) is 6.54 Å².